The molecule has 0 saturated carbocycles. The highest BCUT2D eigenvalue weighted by Gasteiger charge is 2.25. The van der Waals surface area contributed by atoms with Crippen LogP contribution in [-0.2, 0) is 9.59 Å². The Morgan fingerprint density at radius 3 is 2.85 bits per heavy atom. The Morgan fingerprint density at radius 1 is 1.69 bits per heavy atom. The molecule has 74 valence electrons. The van der Waals surface area contributed by atoms with Crippen LogP contribution in [0.2, 0.25) is 0 Å². The molecule has 1 aliphatic rings. The van der Waals surface area contributed by atoms with Crippen molar-refractivity contribution >= 4 is 11.8 Å². The number of amides is 2. The van der Waals surface area contributed by atoms with Crippen LogP contribution in [0.4, 0.5) is 0 Å². The Balaban J connectivity index is 2.44. The van der Waals surface area contributed by atoms with Crippen molar-refractivity contribution < 1.29 is 9.59 Å². The van der Waals surface area contributed by atoms with Gasteiger partial charge in [-0.1, -0.05) is 0 Å². The Labute approximate surface area is 77.5 Å². The second kappa shape index (κ2) is 4.23. The number of carbonyl (C=O) groups is 2. The van der Waals surface area contributed by atoms with Gasteiger partial charge in [-0.25, -0.2) is 0 Å². The molecular formula is C8H15N3O2. The number of nitrogens with one attached hydrogen (secondary N) is 2. The number of rotatable bonds is 2. The average Bonchev–Trinajstić information content (AvgIpc) is 2.17. The number of carbonyl (C=O) groups excluding carboxylic acids is 2. The summed E-state index contributed by atoms with van der Waals surface area (Å²) >= 11 is 0. The smallest absolute Gasteiger partial charge is 0.241 e. The van der Waals surface area contributed by atoms with Gasteiger partial charge in [-0.2, -0.15) is 0 Å². The van der Waals surface area contributed by atoms with E-state index in [1.165, 1.54) is 0 Å². The topological polar surface area (TPSA) is 61.4 Å². The van der Waals surface area contributed by atoms with E-state index >= 15 is 0 Å². The van der Waals surface area contributed by atoms with Crippen molar-refractivity contribution in [2.24, 2.45) is 0 Å². The molecule has 1 fully saturated rings. The molecule has 5 nitrogen and oxygen atoms in total. The van der Waals surface area contributed by atoms with Crippen LogP contribution in [0, 0.1) is 0 Å². The number of nitrogens with zero attached hydrogens (tertiary/aromatic N) is 1. The predicted molar refractivity (Wildman–Crippen MR) is 48.1 cm³/mol. The van der Waals surface area contributed by atoms with Crippen molar-refractivity contribution in [2.45, 2.75) is 13.0 Å². The summed E-state index contributed by atoms with van der Waals surface area (Å²) < 4.78 is 0. The minimum atomic E-state index is -0.261. The Kier molecular flexibility index (Phi) is 3.25. The van der Waals surface area contributed by atoms with E-state index in [2.05, 4.69) is 10.6 Å². The first-order valence-corrected chi connectivity index (χ1v) is 4.40. The third-order valence-corrected chi connectivity index (χ3v) is 2.16. The molecule has 0 aliphatic carbocycles. The van der Waals surface area contributed by atoms with Gasteiger partial charge in [0.05, 0.1) is 6.54 Å². The van der Waals surface area contributed by atoms with Gasteiger partial charge in [-0.3, -0.25) is 14.9 Å². The molecule has 0 radical (unpaired) electrons. The van der Waals surface area contributed by atoms with Crippen molar-refractivity contribution in [3.63, 3.8) is 0 Å². The number of hydrogen-bond donors (Lipinski definition) is 2. The van der Waals surface area contributed by atoms with Crippen LogP contribution < -0.4 is 10.6 Å². The molecule has 0 bridgehead atoms. The van der Waals surface area contributed by atoms with Crippen LogP contribution in [-0.4, -0.2) is 49.4 Å². The fraction of sp³-hybridized carbons (Fsp3) is 0.750. The lowest BCUT2D eigenvalue weighted by atomic mass is 10.2. The van der Waals surface area contributed by atoms with Gasteiger partial charge in [-0.15, -0.1) is 0 Å². The zero-order chi connectivity index (χ0) is 9.84. The fourth-order valence-corrected chi connectivity index (χ4v) is 1.16. The fourth-order valence-electron chi connectivity index (χ4n) is 1.16. The van der Waals surface area contributed by atoms with Crippen LogP contribution in [0.15, 0.2) is 0 Å². The molecule has 0 aromatic carbocycles. The average molecular weight is 185 g/mol. The van der Waals surface area contributed by atoms with Crippen molar-refractivity contribution in [3.8, 4) is 0 Å². The van der Waals surface area contributed by atoms with Gasteiger partial charge in [0.2, 0.25) is 11.8 Å². The molecule has 13 heavy (non-hydrogen) atoms. The largest absolute Gasteiger partial charge is 0.353 e. The summed E-state index contributed by atoms with van der Waals surface area (Å²) in [7, 11) is 1.75. The highest BCUT2D eigenvalue weighted by molar-refractivity contribution is 5.86. The summed E-state index contributed by atoms with van der Waals surface area (Å²) in [6.07, 6.45) is 0. The molecular weight excluding hydrogens is 170 g/mol. The molecule has 0 spiro atoms. The second-order valence-electron chi connectivity index (χ2n) is 3.09. The maximum Gasteiger partial charge on any atom is 0.241 e. The summed E-state index contributed by atoms with van der Waals surface area (Å²) in [5.41, 5.74) is 0. The maximum atomic E-state index is 11.5. The molecule has 5 heteroatoms. The molecule has 1 rings (SSSR count). The van der Waals surface area contributed by atoms with E-state index in [1.54, 1.807) is 11.9 Å². The number of likely N-dealkylation sites (N-methyl/N-ethyl adjacent to an activating group) is 1. The lowest BCUT2D eigenvalue weighted by molar-refractivity contribution is -0.133. The third-order valence-electron chi connectivity index (χ3n) is 2.16. The van der Waals surface area contributed by atoms with Gasteiger partial charge in [0.25, 0.3) is 0 Å². The zero-order valence-electron chi connectivity index (χ0n) is 7.96. The van der Waals surface area contributed by atoms with E-state index in [9.17, 15) is 9.59 Å². The zero-order valence-corrected chi connectivity index (χ0v) is 7.96. The van der Waals surface area contributed by atoms with E-state index in [0.717, 1.165) is 0 Å². The van der Waals surface area contributed by atoms with E-state index in [-0.39, 0.29) is 24.4 Å². The molecule has 0 aromatic heterocycles. The standard InChI is InChI=1S/C8H15N3O2/c1-3-11(2)8(13)6-4-10-7(12)5-9-6/h6,9H,3-5H2,1-2H3,(H,10,12). The number of hydrogen-bond acceptors (Lipinski definition) is 3. The molecule has 1 aliphatic heterocycles. The van der Waals surface area contributed by atoms with Crippen LogP contribution in [0.5, 0.6) is 0 Å². The predicted octanol–water partition coefficient (Wildman–Crippen LogP) is -1.45. The molecule has 0 aromatic rings. The molecule has 1 unspecified atom stereocenters. The normalized spacial score (nSPS) is 22.3. The van der Waals surface area contributed by atoms with Crippen molar-refractivity contribution in [1.82, 2.24) is 15.5 Å². The highest BCUT2D eigenvalue weighted by atomic mass is 16.2. The van der Waals surface area contributed by atoms with Gasteiger partial charge >= 0.3 is 0 Å². The van der Waals surface area contributed by atoms with Gasteiger partial charge in [0.15, 0.2) is 0 Å². The van der Waals surface area contributed by atoms with Gasteiger partial charge in [-0.05, 0) is 6.92 Å². The number of piperazine rings is 1. The van der Waals surface area contributed by atoms with Crippen LogP contribution >= 0.6 is 0 Å². The monoisotopic (exact) mass is 185 g/mol. The molecule has 2 amide bonds. The summed E-state index contributed by atoms with van der Waals surface area (Å²) in [5, 5.41) is 5.52. The SMILES string of the molecule is CCN(C)C(=O)C1CNC(=O)CN1. The van der Waals surface area contributed by atoms with Crippen LogP contribution in [0.25, 0.3) is 0 Å². The van der Waals surface area contributed by atoms with Gasteiger partial charge in [0.1, 0.15) is 6.04 Å². The molecule has 1 atom stereocenters. The van der Waals surface area contributed by atoms with Crippen LogP contribution in [0.1, 0.15) is 6.92 Å². The minimum absolute atomic E-state index is 0.0301. The van der Waals surface area contributed by atoms with Gasteiger partial charge in [0, 0.05) is 20.1 Å². The van der Waals surface area contributed by atoms with E-state index < -0.39 is 0 Å². The first kappa shape index (κ1) is 9.98. The summed E-state index contributed by atoms with van der Waals surface area (Å²) in [6, 6.07) is -0.261. The van der Waals surface area contributed by atoms with Crippen molar-refractivity contribution in [3.05, 3.63) is 0 Å². The quantitative estimate of drug-likeness (QED) is 0.553. The summed E-state index contributed by atoms with van der Waals surface area (Å²) in [5.74, 6) is -0.0225. The third kappa shape index (κ3) is 2.42. The lowest BCUT2D eigenvalue weighted by Gasteiger charge is -2.26. The first-order chi connectivity index (χ1) is 6.15. The van der Waals surface area contributed by atoms with Gasteiger partial charge < -0.3 is 10.2 Å². The minimum Gasteiger partial charge on any atom is -0.353 e. The Hall–Kier alpha value is -1.10. The highest BCUT2D eigenvalue weighted by Crippen LogP contribution is 1.94. The van der Waals surface area contributed by atoms with Crippen molar-refractivity contribution in [1.29, 1.82) is 0 Å². The molecule has 1 heterocycles. The van der Waals surface area contributed by atoms with E-state index in [0.29, 0.717) is 13.1 Å². The van der Waals surface area contributed by atoms with Crippen LogP contribution in [0.3, 0.4) is 0 Å². The maximum absolute atomic E-state index is 11.5. The summed E-state index contributed by atoms with van der Waals surface area (Å²) in [6.45, 7) is 3.22. The second-order valence-corrected chi connectivity index (χ2v) is 3.09. The molecule has 1 saturated heterocycles. The lowest BCUT2D eigenvalue weighted by Crippen LogP contribution is -2.58. The Bertz CT molecular complexity index is 207. The Morgan fingerprint density at radius 2 is 2.38 bits per heavy atom. The molecule has 2 N–H and O–H groups in total. The van der Waals surface area contributed by atoms with Crippen molar-refractivity contribution in [2.75, 3.05) is 26.7 Å². The van der Waals surface area contributed by atoms with E-state index in [1.807, 2.05) is 6.92 Å². The van der Waals surface area contributed by atoms with E-state index in [4.69, 9.17) is 0 Å². The first-order valence-electron chi connectivity index (χ1n) is 4.40. The summed E-state index contributed by atoms with van der Waals surface area (Å²) in [4.78, 5) is 24.0.